The Bertz CT molecular complexity index is 643. The Morgan fingerprint density at radius 3 is 2.65 bits per heavy atom. The molecule has 0 bridgehead atoms. The fourth-order valence-electron chi connectivity index (χ4n) is 1.85. The van der Waals surface area contributed by atoms with E-state index < -0.39 is 29.1 Å². The molecular weight excluding hydrogens is 309 g/mol. The number of carbonyl (C=O) groups excluding carboxylic acids is 1. The first kappa shape index (κ1) is 14.5. The first-order valence-corrected chi connectivity index (χ1v) is 6.14. The molecule has 1 heterocycles. The molecule has 0 radical (unpaired) electrons. The zero-order chi connectivity index (χ0) is 15.1. The van der Waals surface area contributed by atoms with E-state index in [2.05, 4.69) is 0 Å². The number of amides is 1. The highest BCUT2D eigenvalue weighted by molar-refractivity contribution is 6.34. The van der Waals surface area contributed by atoms with E-state index in [1.165, 1.54) is 25.1 Å². The van der Waals surface area contributed by atoms with Gasteiger partial charge in [-0.1, -0.05) is 23.2 Å². The van der Waals surface area contributed by atoms with E-state index >= 15 is 0 Å². The van der Waals surface area contributed by atoms with Crippen LogP contribution in [0.5, 0.6) is 0 Å². The fraction of sp³-hybridized carbons (Fsp3) is 0.167. The lowest BCUT2D eigenvalue weighted by Gasteiger charge is -2.24. The van der Waals surface area contributed by atoms with Crippen LogP contribution in [0.15, 0.2) is 29.8 Å². The zero-order valence-electron chi connectivity index (χ0n) is 10.1. The van der Waals surface area contributed by atoms with E-state index in [4.69, 9.17) is 33.0 Å². The number of aliphatic hydroxyl groups excluding tert-OH is 1. The number of carbonyl (C=O) groups is 2. The Balaban J connectivity index is 2.46. The molecule has 0 aromatic heterocycles. The summed E-state index contributed by atoms with van der Waals surface area (Å²) in [6.07, 6.45) is -1.47. The number of hydrogen-bond acceptors (Lipinski definition) is 4. The van der Waals surface area contributed by atoms with Crippen LogP contribution in [0.25, 0.3) is 0 Å². The second-order valence-corrected chi connectivity index (χ2v) is 5.04. The molecule has 3 N–H and O–H groups in total. The van der Waals surface area contributed by atoms with E-state index in [1.54, 1.807) is 0 Å². The monoisotopic (exact) mass is 317 g/mol. The van der Waals surface area contributed by atoms with Crippen LogP contribution in [0.4, 0.5) is 4.79 Å². The molecule has 106 valence electrons. The summed E-state index contributed by atoms with van der Waals surface area (Å²) in [6, 6.07) is 4.42. The molecular formula is C12H9Cl2NO5. The number of Topliss-reactive ketones (excluding diaryl/α,β-unsaturated/α-hetero) is 1. The molecule has 1 aromatic rings. The second kappa shape index (κ2) is 4.88. The number of benzene rings is 1. The largest absolute Gasteiger partial charge is 0.501 e. The summed E-state index contributed by atoms with van der Waals surface area (Å²) in [5.74, 6) is -2.17. The molecule has 1 aliphatic rings. The van der Waals surface area contributed by atoms with Crippen molar-refractivity contribution in [1.29, 1.82) is 0 Å². The van der Waals surface area contributed by atoms with Crippen LogP contribution in [0.1, 0.15) is 12.5 Å². The molecule has 0 aliphatic carbocycles. The summed E-state index contributed by atoms with van der Waals surface area (Å²) in [6.45, 7) is 1.36. The van der Waals surface area contributed by atoms with Crippen LogP contribution in [-0.4, -0.2) is 22.1 Å². The van der Waals surface area contributed by atoms with Crippen LogP contribution in [0.3, 0.4) is 0 Å². The number of nitrogens with one attached hydrogen (secondary N) is 1. The van der Waals surface area contributed by atoms with Gasteiger partial charge in [0.1, 0.15) is 0 Å². The molecule has 0 fully saturated rings. The molecule has 20 heavy (non-hydrogen) atoms. The Kier molecular flexibility index (Phi) is 3.54. The van der Waals surface area contributed by atoms with Gasteiger partial charge in [0.2, 0.25) is 17.2 Å². The Morgan fingerprint density at radius 1 is 1.40 bits per heavy atom. The van der Waals surface area contributed by atoms with Gasteiger partial charge in [-0.2, -0.15) is 0 Å². The van der Waals surface area contributed by atoms with E-state index in [0.717, 1.165) is 0 Å². The van der Waals surface area contributed by atoms with Crippen LogP contribution in [0, 0.1) is 0 Å². The van der Waals surface area contributed by atoms with Gasteiger partial charge in [-0.3, -0.25) is 10.1 Å². The smallest absolute Gasteiger partial charge is 0.411 e. The number of rotatable bonds is 2. The average Bonchev–Trinajstić information content (AvgIpc) is 2.57. The van der Waals surface area contributed by atoms with Gasteiger partial charge in [0, 0.05) is 15.6 Å². The molecule has 1 aliphatic heterocycles. The number of hydrogen-bond donors (Lipinski definition) is 3. The summed E-state index contributed by atoms with van der Waals surface area (Å²) in [5, 5.41) is 20.6. The van der Waals surface area contributed by atoms with Gasteiger partial charge in [0.15, 0.2) is 0 Å². The average molecular weight is 318 g/mol. The van der Waals surface area contributed by atoms with Crippen LogP contribution < -0.4 is 5.32 Å². The maximum atomic E-state index is 12.1. The van der Waals surface area contributed by atoms with E-state index in [0.29, 0.717) is 5.02 Å². The number of aliphatic hydroxyl groups is 1. The molecule has 1 unspecified atom stereocenters. The highest BCUT2D eigenvalue weighted by atomic mass is 35.5. The minimum Gasteiger partial charge on any atom is -0.501 e. The van der Waals surface area contributed by atoms with Gasteiger partial charge in [0.25, 0.3) is 5.78 Å². The molecule has 1 aromatic carbocycles. The van der Waals surface area contributed by atoms with Crippen molar-refractivity contribution in [2.45, 2.75) is 12.5 Å². The number of halogens is 2. The number of carboxylic acid groups (broad SMARTS) is 1. The number of ether oxygens (including phenoxy) is 1. The van der Waals surface area contributed by atoms with Crippen molar-refractivity contribution >= 4 is 35.1 Å². The van der Waals surface area contributed by atoms with Crippen molar-refractivity contribution in [3.63, 3.8) is 0 Å². The van der Waals surface area contributed by atoms with Crippen LogP contribution >= 0.6 is 23.2 Å². The molecule has 2 rings (SSSR count). The van der Waals surface area contributed by atoms with Gasteiger partial charge in [-0.15, -0.1) is 0 Å². The lowest BCUT2D eigenvalue weighted by molar-refractivity contribution is -0.131. The van der Waals surface area contributed by atoms with Crippen molar-refractivity contribution in [1.82, 2.24) is 5.32 Å². The first-order chi connectivity index (χ1) is 9.25. The summed E-state index contributed by atoms with van der Waals surface area (Å²) in [7, 11) is 0. The number of ketones is 1. The molecule has 8 heteroatoms. The van der Waals surface area contributed by atoms with Gasteiger partial charge in [0.05, 0.1) is 0 Å². The Labute approximate surface area is 123 Å². The summed E-state index contributed by atoms with van der Waals surface area (Å²) < 4.78 is 5.25. The normalized spacial score (nSPS) is 21.9. The minimum atomic E-state index is -1.65. The van der Waals surface area contributed by atoms with Gasteiger partial charge < -0.3 is 14.9 Å². The summed E-state index contributed by atoms with van der Waals surface area (Å²) in [5.41, 5.74) is -1.42. The van der Waals surface area contributed by atoms with E-state index in [1.807, 2.05) is 5.32 Å². The second-order valence-electron chi connectivity index (χ2n) is 4.20. The zero-order valence-corrected chi connectivity index (χ0v) is 11.6. The quantitative estimate of drug-likeness (QED) is 0.779. The van der Waals surface area contributed by atoms with Gasteiger partial charge in [-0.25, -0.2) is 4.79 Å². The third-order valence-electron chi connectivity index (χ3n) is 2.83. The Hall–Kier alpha value is -1.92. The predicted molar refractivity (Wildman–Crippen MR) is 70.7 cm³/mol. The van der Waals surface area contributed by atoms with Crippen molar-refractivity contribution < 1.29 is 24.5 Å². The lowest BCUT2D eigenvalue weighted by atomic mass is 9.91. The minimum absolute atomic E-state index is 0.203. The standard InChI is InChI=1S/C12H9Cl2NO5/c1-12(6-4-5(13)2-3-7(6)14)9(17)8(16)10(20-12)15-11(18)19/h2-4,15-16H,1H3,(H,18,19). The van der Waals surface area contributed by atoms with Gasteiger partial charge >= 0.3 is 6.09 Å². The topological polar surface area (TPSA) is 95.9 Å². The van der Waals surface area contributed by atoms with E-state index in [-0.39, 0.29) is 10.6 Å². The fourth-order valence-corrected chi connectivity index (χ4v) is 2.32. The Morgan fingerprint density at radius 2 is 2.05 bits per heavy atom. The molecule has 6 nitrogen and oxygen atoms in total. The van der Waals surface area contributed by atoms with E-state index in [9.17, 15) is 14.7 Å². The summed E-state index contributed by atoms with van der Waals surface area (Å²) >= 11 is 11.9. The van der Waals surface area contributed by atoms with Crippen LogP contribution in [-0.2, 0) is 15.1 Å². The maximum Gasteiger partial charge on any atom is 0.411 e. The van der Waals surface area contributed by atoms with Crippen molar-refractivity contribution in [3.8, 4) is 0 Å². The van der Waals surface area contributed by atoms with Crippen LogP contribution in [0.2, 0.25) is 10.0 Å². The van der Waals surface area contributed by atoms with Crippen molar-refractivity contribution in [3.05, 3.63) is 45.5 Å². The highest BCUT2D eigenvalue weighted by Crippen LogP contribution is 2.40. The van der Waals surface area contributed by atoms with Crippen molar-refractivity contribution in [2.24, 2.45) is 0 Å². The highest BCUT2D eigenvalue weighted by Gasteiger charge is 2.49. The first-order valence-electron chi connectivity index (χ1n) is 5.38. The lowest BCUT2D eigenvalue weighted by Crippen LogP contribution is -2.32. The third kappa shape index (κ3) is 2.28. The molecule has 1 amide bonds. The predicted octanol–water partition coefficient (Wildman–Crippen LogP) is 2.80. The molecule has 0 saturated carbocycles. The SMILES string of the molecule is CC1(c2cc(Cl)ccc2Cl)OC(NC(=O)O)=C(O)C1=O. The molecule has 1 atom stereocenters. The maximum absolute atomic E-state index is 12.1. The molecule has 0 saturated heterocycles. The van der Waals surface area contributed by atoms with Crippen molar-refractivity contribution in [2.75, 3.05) is 0 Å². The summed E-state index contributed by atoms with van der Waals surface area (Å²) in [4.78, 5) is 22.7. The third-order valence-corrected chi connectivity index (χ3v) is 3.40. The molecule has 0 spiro atoms. The van der Waals surface area contributed by atoms with Gasteiger partial charge in [-0.05, 0) is 25.1 Å².